The van der Waals surface area contributed by atoms with Gasteiger partial charge in [0.15, 0.2) is 0 Å². The van der Waals surface area contributed by atoms with Gasteiger partial charge in [-0.2, -0.15) is 13.2 Å². The van der Waals surface area contributed by atoms with Crippen LogP contribution in [0.2, 0.25) is 0 Å². The van der Waals surface area contributed by atoms with Gasteiger partial charge in [0.1, 0.15) is 0 Å². The van der Waals surface area contributed by atoms with Gasteiger partial charge in [-0.3, -0.25) is 14.6 Å². The van der Waals surface area contributed by atoms with Crippen LogP contribution < -0.4 is 10.6 Å². The molecule has 1 heterocycles. The lowest BCUT2D eigenvalue weighted by molar-refractivity contribution is -0.174. The number of rotatable bonds is 3. The van der Waals surface area contributed by atoms with Crippen LogP contribution in [0.25, 0.3) is 10.9 Å². The second-order valence-electron chi connectivity index (χ2n) is 6.43. The number of anilines is 1. The number of benzene rings is 1. The summed E-state index contributed by atoms with van der Waals surface area (Å²) in [5, 5.41) is 5.70. The third-order valence-corrected chi connectivity index (χ3v) is 4.55. The molecule has 0 bridgehead atoms. The smallest absolute Gasteiger partial charge is 0.346 e. The average molecular weight is 365 g/mol. The zero-order chi connectivity index (χ0) is 18.7. The largest absolute Gasteiger partial charge is 0.471 e. The molecule has 0 aliphatic heterocycles. The molecular weight excluding hydrogens is 347 g/mol. The van der Waals surface area contributed by atoms with E-state index in [1.54, 1.807) is 6.20 Å². The molecular formula is C18H18F3N3O2. The van der Waals surface area contributed by atoms with Crippen LogP contribution in [0.3, 0.4) is 0 Å². The number of hydrogen-bond acceptors (Lipinski definition) is 3. The zero-order valence-electron chi connectivity index (χ0n) is 13.8. The minimum absolute atomic E-state index is 0.178. The fourth-order valence-corrected chi connectivity index (χ4v) is 3.15. The number of halogens is 3. The van der Waals surface area contributed by atoms with Crippen molar-refractivity contribution in [3.63, 3.8) is 0 Å². The molecule has 8 heteroatoms. The van der Waals surface area contributed by atoms with E-state index in [9.17, 15) is 22.8 Å². The highest BCUT2D eigenvalue weighted by atomic mass is 19.4. The van der Waals surface area contributed by atoms with Crippen molar-refractivity contribution >= 4 is 28.4 Å². The van der Waals surface area contributed by atoms with Gasteiger partial charge in [-0.15, -0.1) is 0 Å². The topological polar surface area (TPSA) is 71.1 Å². The Morgan fingerprint density at radius 1 is 1.08 bits per heavy atom. The summed E-state index contributed by atoms with van der Waals surface area (Å²) in [6.45, 7) is 0. The second-order valence-corrected chi connectivity index (χ2v) is 6.43. The maximum absolute atomic E-state index is 12.4. The molecule has 2 amide bonds. The number of pyridine rings is 1. The Labute approximate surface area is 148 Å². The number of nitrogens with one attached hydrogen (secondary N) is 2. The first-order valence-electron chi connectivity index (χ1n) is 8.36. The van der Waals surface area contributed by atoms with Crippen molar-refractivity contribution < 1.29 is 22.8 Å². The molecule has 2 N–H and O–H groups in total. The molecule has 1 aliphatic carbocycles. The summed E-state index contributed by atoms with van der Waals surface area (Å²) >= 11 is 0. The number of carbonyl (C=O) groups excluding carboxylic acids is 2. The Morgan fingerprint density at radius 3 is 2.46 bits per heavy atom. The lowest BCUT2D eigenvalue weighted by Gasteiger charge is -2.28. The zero-order valence-corrected chi connectivity index (χ0v) is 13.8. The molecule has 1 fully saturated rings. The molecule has 1 aromatic heterocycles. The van der Waals surface area contributed by atoms with Crippen LogP contribution in [0.1, 0.15) is 25.7 Å². The highest BCUT2D eigenvalue weighted by Crippen LogP contribution is 2.27. The van der Waals surface area contributed by atoms with Crippen molar-refractivity contribution in [3.05, 3.63) is 36.5 Å². The molecule has 0 saturated heterocycles. The summed E-state index contributed by atoms with van der Waals surface area (Å²) in [6.07, 6.45) is -1.76. The van der Waals surface area contributed by atoms with E-state index < -0.39 is 18.1 Å². The predicted molar refractivity (Wildman–Crippen MR) is 90.3 cm³/mol. The number of aromatic nitrogens is 1. The highest BCUT2D eigenvalue weighted by Gasteiger charge is 2.40. The van der Waals surface area contributed by atoms with Crippen LogP contribution >= 0.6 is 0 Å². The molecule has 0 radical (unpaired) electrons. The fourth-order valence-electron chi connectivity index (χ4n) is 3.15. The molecule has 1 aromatic carbocycles. The Morgan fingerprint density at radius 2 is 1.77 bits per heavy atom. The number of amides is 2. The number of fused-ring (bicyclic) bond motifs is 1. The van der Waals surface area contributed by atoms with Gasteiger partial charge in [0.2, 0.25) is 5.91 Å². The first kappa shape index (κ1) is 18.2. The maximum atomic E-state index is 12.4. The molecule has 138 valence electrons. The molecule has 5 nitrogen and oxygen atoms in total. The fraction of sp³-hybridized carbons (Fsp3) is 0.389. The predicted octanol–water partition coefficient (Wildman–Crippen LogP) is 3.41. The Bertz CT molecular complexity index is 815. The molecule has 0 atom stereocenters. The van der Waals surface area contributed by atoms with Crippen LogP contribution in [0, 0.1) is 5.92 Å². The van der Waals surface area contributed by atoms with Crippen LogP contribution in [0.5, 0.6) is 0 Å². The van der Waals surface area contributed by atoms with Gasteiger partial charge in [0, 0.05) is 17.3 Å². The lowest BCUT2D eigenvalue weighted by Crippen LogP contribution is -2.45. The van der Waals surface area contributed by atoms with Gasteiger partial charge >= 0.3 is 12.1 Å². The SMILES string of the molecule is O=C(Nc1cnc2ccccc2c1)C1CCC(NC(=O)C(F)(F)F)CC1. The summed E-state index contributed by atoms with van der Waals surface area (Å²) in [5.41, 5.74) is 1.41. The van der Waals surface area contributed by atoms with Gasteiger partial charge < -0.3 is 10.6 Å². The minimum atomic E-state index is -4.88. The monoisotopic (exact) mass is 365 g/mol. The van der Waals surface area contributed by atoms with E-state index in [2.05, 4.69) is 10.3 Å². The summed E-state index contributed by atoms with van der Waals surface area (Å²) in [4.78, 5) is 27.6. The lowest BCUT2D eigenvalue weighted by atomic mass is 9.85. The molecule has 26 heavy (non-hydrogen) atoms. The van der Waals surface area contributed by atoms with Gasteiger partial charge in [-0.1, -0.05) is 18.2 Å². The Kier molecular flexibility index (Phi) is 5.11. The van der Waals surface area contributed by atoms with Crippen LogP contribution in [-0.2, 0) is 9.59 Å². The minimum Gasteiger partial charge on any atom is -0.346 e. The van der Waals surface area contributed by atoms with Crippen molar-refractivity contribution in [2.75, 3.05) is 5.32 Å². The first-order chi connectivity index (χ1) is 12.3. The van der Waals surface area contributed by atoms with E-state index in [0.717, 1.165) is 10.9 Å². The molecule has 0 unspecified atom stereocenters. The van der Waals surface area contributed by atoms with Crippen molar-refractivity contribution in [1.29, 1.82) is 0 Å². The van der Waals surface area contributed by atoms with Crippen LogP contribution in [0.15, 0.2) is 36.5 Å². The standard InChI is InChI=1S/C18H18F3N3O2/c19-18(20,21)17(26)24-13-7-5-11(6-8-13)16(25)23-14-9-12-3-1-2-4-15(12)22-10-14/h1-4,9-11,13H,5-8H2,(H,23,25)(H,24,26). The quantitative estimate of drug-likeness (QED) is 0.876. The van der Waals surface area contributed by atoms with E-state index in [1.807, 2.05) is 35.6 Å². The van der Waals surface area contributed by atoms with Gasteiger partial charge in [-0.05, 0) is 37.8 Å². The summed E-state index contributed by atoms with van der Waals surface area (Å²) in [6, 6.07) is 8.81. The molecule has 1 aliphatic rings. The molecule has 0 spiro atoms. The van der Waals surface area contributed by atoms with Crippen molar-refractivity contribution in [3.8, 4) is 0 Å². The van der Waals surface area contributed by atoms with Gasteiger partial charge in [-0.25, -0.2) is 0 Å². The van der Waals surface area contributed by atoms with E-state index in [4.69, 9.17) is 0 Å². The number of carbonyl (C=O) groups is 2. The summed E-state index contributed by atoms with van der Waals surface area (Å²) < 4.78 is 36.8. The van der Waals surface area contributed by atoms with E-state index in [1.165, 1.54) is 0 Å². The highest BCUT2D eigenvalue weighted by molar-refractivity contribution is 5.94. The Hall–Kier alpha value is -2.64. The van der Waals surface area contributed by atoms with Crippen LogP contribution in [0.4, 0.5) is 18.9 Å². The van der Waals surface area contributed by atoms with Crippen molar-refractivity contribution in [2.45, 2.75) is 37.9 Å². The first-order valence-corrected chi connectivity index (χ1v) is 8.36. The molecule has 3 rings (SSSR count). The third-order valence-electron chi connectivity index (χ3n) is 4.55. The average Bonchev–Trinajstić information content (AvgIpc) is 2.61. The van der Waals surface area contributed by atoms with Gasteiger partial charge in [0.25, 0.3) is 0 Å². The normalized spacial score (nSPS) is 20.6. The third kappa shape index (κ3) is 4.30. The van der Waals surface area contributed by atoms with E-state index in [-0.39, 0.29) is 11.8 Å². The van der Waals surface area contributed by atoms with Crippen molar-refractivity contribution in [2.24, 2.45) is 5.92 Å². The molecule has 1 saturated carbocycles. The summed E-state index contributed by atoms with van der Waals surface area (Å²) in [7, 11) is 0. The van der Waals surface area contributed by atoms with E-state index in [0.29, 0.717) is 31.4 Å². The van der Waals surface area contributed by atoms with Gasteiger partial charge in [0.05, 0.1) is 17.4 Å². The van der Waals surface area contributed by atoms with Crippen molar-refractivity contribution in [1.82, 2.24) is 10.3 Å². The second kappa shape index (κ2) is 7.31. The van der Waals surface area contributed by atoms with E-state index >= 15 is 0 Å². The number of nitrogens with zero attached hydrogens (tertiary/aromatic N) is 1. The number of hydrogen-bond donors (Lipinski definition) is 2. The number of alkyl halides is 3. The molecule has 2 aromatic rings. The number of para-hydroxylation sites is 1. The summed E-state index contributed by atoms with van der Waals surface area (Å²) in [5.74, 6) is -2.39. The Balaban J connectivity index is 1.54. The van der Waals surface area contributed by atoms with Crippen LogP contribution in [-0.4, -0.2) is 29.0 Å². The maximum Gasteiger partial charge on any atom is 0.471 e.